The van der Waals surface area contributed by atoms with E-state index in [2.05, 4.69) is 33.1 Å². The molecule has 5 nitrogen and oxygen atoms in total. The molecule has 0 aromatic carbocycles. The van der Waals surface area contributed by atoms with Gasteiger partial charge in [0.2, 0.25) is 0 Å². The fourth-order valence-corrected chi connectivity index (χ4v) is 3.73. The zero-order valence-corrected chi connectivity index (χ0v) is 13.3. The lowest BCUT2D eigenvalue weighted by molar-refractivity contribution is 0.454. The van der Waals surface area contributed by atoms with Gasteiger partial charge in [0.05, 0.1) is 6.07 Å². The van der Waals surface area contributed by atoms with E-state index >= 15 is 0 Å². The van der Waals surface area contributed by atoms with Crippen LogP contribution in [0.15, 0.2) is 5.16 Å². The van der Waals surface area contributed by atoms with E-state index in [1.807, 2.05) is 14.0 Å². The molecule has 0 spiro atoms. The van der Waals surface area contributed by atoms with Crippen LogP contribution >= 0.6 is 11.8 Å². The zero-order chi connectivity index (χ0) is 14.6. The third-order valence-corrected chi connectivity index (χ3v) is 4.96. The van der Waals surface area contributed by atoms with Crippen molar-refractivity contribution < 1.29 is 0 Å². The Morgan fingerprint density at radius 2 is 2.25 bits per heavy atom. The summed E-state index contributed by atoms with van der Waals surface area (Å²) in [4.78, 5) is 0. The van der Waals surface area contributed by atoms with Crippen molar-refractivity contribution in [1.82, 2.24) is 20.1 Å². The summed E-state index contributed by atoms with van der Waals surface area (Å²) >= 11 is 1.73. The highest BCUT2D eigenvalue weighted by Gasteiger charge is 2.26. The van der Waals surface area contributed by atoms with Crippen LogP contribution in [0.4, 0.5) is 0 Å². The summed E-state index contributed by atoms with van der Waals surface area (Å²) in [6.07, 6.45) is 5.51. The Labute approximate surface area is 125 Å². The van der Waals surface area contributed by atoms with Crippen LogP contribution in [0.1, 0.15) is 45.4 Å². The van der Waals surface area contributed by atoms with Gasteiger partial charge in [0.15, 0.2) is 5.16 Å². The molecule has 2 unspecified atom stereocenters. The number of nitrogens with one attached hydrogen (secondary N) is 1. The van der Waals surface area contributed by atoms with Crippen molar-refractivity contribution in [2.75, 3.05) is 7.05 Å². The van der Waals surface area contributed by atoms with Crippen molar-refractivity contribution in [1.29, 1.82) is 5.26 Å². The number of thioether (sulfide) groups is 1. The van der Waals surface area contributed by atoms with E-state index in [9.17, 15) is 5.26 Å². The second-order valence-corrected chi connectivity index (χ2v) is 7.09. The van der Waals surface area contributed by atoms with E-state index in [1.54, 1.807) is 11.8 Å². The lowest BCUT2D eigenvalue weighted by Gasteiger charge is -2.24. The molecule has 0 saturated carbocycles. The van der Waals surface area contributed by atoms with Crippen LogP contribution in [0.3, 0.4) is 0 Å². The Morgan fingerprint density at radius 3 is 2.95 bits per heavy atom. The molecule has 1 aliphatic rings. The second kappa shape index (κ2) is 6.59. The minimum Gasteiger partial charge on any atom is -0.306 e. The van der Waals surface area contributed by atoms with E-state index in [-0.39, 0.29) is 0 Å². The highest BCUT2D eigenvalue weighted by Crippen LogP contribution is 2.29. The SMILES string of the molecule is CNC(C)(C#N)CC(C)Sc1nnc2n1CCCCC2. The molecule has 0 radical (unpaired) electrons. The zero-order valence-electron chi connectivity index (χ0n) is 12.5. The second-order valence-electron chi connectivity index (χ2n) is 5.69. The molecule has 2 atom stereocenters. The average molecular weight is 293 g/mol. The quantitative estimate of drug-likeness (QED) is 0.844. The largest absolute Gasteiger partial charge is 0.306 e. The van der Waals surface area contributed by atoms with Gasteiger partial charge in [-0.1, -0.05) is 25.1 Å². The van der Waals surface area contributed by atoms with Crippen molar-refractivity contribution in [2.24, 2.45) is 0 Å². The van der Waals surface area contributed by atoms with Crippen molar-refractivity contribution >= 4 is 11.8 Å². The molecule has 110 valence electrons. The monoisotopic (exact) mass is 293 g/mol. The molecular formula is C14H23N5S. The Balaban J connectivity index is 2.03. The van der Waals surface area contributed by atoms with Crippen molar-refractivity contribution in [2.45, 2.75) is 68.4 Å². The van der Waals surface area contributed by atoms with Crippen molar-refractivity contribution in [3.05, 3.63) is 5.82 Å². The van der Waals surface area contributed by atoms with Crippen LogP contribution < -0.4 is 5.32 Å². The normalized spacial score (nSPS) is 19.5. The van der Waals surface area contributed by atoms with Crippen LogP contribution in [-0.4, -0.2) is 32.6 Å². The fraction of sp³-hybridized carbons (Fsp3) is 0.786. The van der Waals surface area contributed by atoms with Gasteiger partial charge in [-0.05, 0) is 33.2 Å². The number of aromatic nitrogens is 3. The molecule has 2 rings (SSSR count). The first-order valence-corrected chi connectivity index (χ1v) is 8.15. The predicted octanol–water partition coefficient (Wildman–Crippen LogP) is 2.38. The summed E-state index contributed by atoms with van der Waals surface area (Å²) in [7, 11) is 1.84. The van der Waals surface area contributed by atoms with Gasteiger partial charge in [-0.3, -0.25) is 0 Å². The number of hydrogen-bond acceptors (Lipinski definition) is 5. The van der Waals surface area contributed by atoms with Gasteiger partial charge < -0.3 is 9.88 Å². The molecule has 6 heteroatoms. The van der Waals surface area contributed by atoms with E-state index in [4.69, 9.17) is 0 Å². The molecule has 1 aromatic heterocycles. The third kappa shape index (κ3) is 3.53. The first-order valence-electron chi connectivity index (χ1n) is 7.27. The molecule has 0 amide bonds. The molecule has 1 N–H and O–H groups in total. The number of nitriles is 1. The van der Waals surface area contributed by atoms with Gasteiger partial charge in [0.25, 0.3) is 0 Å². The van der Waals surface area contributed by atoms with Gasteiger partial charge >= 0.3 is 0 Å². The summed E-state index contributed by atoms with van der Waals surface area (Å²) in [5.41, 5.74) is -0.478. The molecule has 0 bridgehead atoms. The number of aryl methyl sites for hydroxylation is 1. The fourth-order valence-electron chi connectivity index (χ4n) is 2.55. The topological polar surface area (TPSA) is 66.5 Å². The van der Waals surface area contributed by atoms with E-state index < -0.39 is 5.54 Å². The molecule has 2 heterocycles. The van der Waals surface area contributed by atoms with E-state index in [0.717, 1.165) is 30.4 Å². The first-order chi connectivity index (χ1) is 9.58. The van der Waals surface area contributed by atoms with Gasteiger partial charge in [-0.15, -0.1) is 10.2 Å². The third-order valence-electron chi connectivity index (χ3n) is 3.88. The van der Waals surface area contributed by atoms with E-state index in [1.165, 1.54) is 19.3 Å². The molecule has 0 saturated heterocycles. The minimum absolute atomic E-state index is 0.323. The average Bonchev–Trinajstić information content (AvgIpc) is 2.67. The summed E-state index contributed by atoms with van der Waals surface area (Å²) in [6, 6.07) is 2.34. The smallest absolute Gasteiger partial charge is 0.191 e. The number of fused-ring (bicyclic) bond motifs is 1. The van der Waals surface area contributed by atoms with Crippen molar-refractivity contribution in [3.63, 3.8) is 0 Å². The summed E-state index contributed by atoms with van der Waals surface area (Å²) < 4.78 is 2.26. The highest BCUT2D eigenvalue weighted by molar-refractivity contribution is 7.99. The maximum absolute atomic E-state index is 9.23. The molecule has 0 aliphatic carbocycles. The molecule has 20 heavy (non-hydrogen) atoms. The van der Waals surface area contributed by atoms with Gasteiger partial charge in [0.1, 0.15) is 11.4 Å². The lowest BCUT2D eigenvalue weighted by atomic mass is 9.98. The first kappa shape index (κ1) is 15.3. The highest BCUT2D eigenvalue weighted by atomic mass is 32.2. The Morgan fingerprint density at radius 1 is 1.45 bits per heavy atom. The summed E-state index contributed by atoms with van der Waals surface area (Å²) in [5.74, 6) is 1.12. The number of rotatable bonds is 5. The number of nitrogens with zero attached hydrogens (tertiary/aromatic N) is 4. The minimum atomic E-state index is -0.478. The van der Waals surface area contributed by atoms with Gasteiger partial charge in [-0.25, -0.2) is 0 Å². The molecular weight excluding hydrogens is 270 g/mol. The maximum atomic E-state index is 9.23. The van der Waals surface area contributed by atoms with Crippen LogP contribution in [0.5, 0.6) is 0 Å². The Bertz CT molecular complexity index is 492. The standard InChI is InChI=1S/C14H23N5S/c1-11(9-14(2,10-15)16-3)20-13-18-17-12-7-5-4-6-8-19(12)13/h11,16H,4-9H2,1-3H3. The Kier molecular flexibility index (Phi) is 5.06. The lowest BCUT2D eigenvalue weighted by Crippen LogP contribution is -2.40. The van der Waals surface area contributed by atoms with Crippen LogP contribution in [0.2, 0.25) is 0 Å². The Hall–Kier alpha value is -1.06. The van der Waals surface area contributed by atoms with Crippen molar-refractivity contribution in [3.8, 4) is 6.07 Å². The predicted molar refractivity (Wildman–Crippen MR) is 80.6 cm³/mol. The molecule has 0 fully saturated rings. The summed E-state index contributed by atoms with van der Waals surface area (Å²) in [5, 5.41) is 22.3. The molecule has 1 aliphatic heterocycles. The number of hydrogen-bond donors (Lipinski definition) is 1. The summed E-state index contributed by atoms with van der Waals surface area (Å²) in [6.45, 7) is 5.11. The van der Waals surface area contributed by atoms with Gasteiger partial charge in [0, 0.05) is 18.2 Å². The maximum Gasteiger partial charge on any atom is 0.191 e. The van der Waals surface area contributed by atoms with E-state index in [0.29, 0.717) is 5.25 Å². The molecule has 1 aromatic rings. The van der Waals surface area contributed by atoms with Crippen LogP contribution in [0, 0.1) is 11.3 Å². The van der Waals surface area contributed by atoms with Crippen LogP contribution in [0.25, 0.3) is 0 Å². The van der Waals surface area contributed by atoms with Gasteiger partial charge in [-0.2, -0.15) is 5.26 Å². The van der Waals surface area contributed by atoms with Crippen LogP contribution in [-0.2, 0) is 13.0 Å².